The second-order valence-corrected chi connectivity index (χ2v) is 4.94. The maximum atomic E-state index is 12.5. The van der Waals surface area contributed by atoms with Gasteiger partial charge in [0, 0.05) is 30.4 Å². The van der Waals surface area contributed by atoms with Gasteiger partial charge in [-0.1, -0.05) is 0 Å². The minimum Gasteiger partial charge on any atom is -0.493 e. The van der Waals surface area contributed by atoms with Crippen LogP contribution in [0.15, 0.2) is 36.4 Å². The monoisotopic (exact) mass is 367 g/mol. The van der Waals surface area contributed by atoms with E-state index in [1.165, 1.54) is 44.5 Å². The molecule has 138 valence electrons. The summed E-state index contributed by atoms with van der Waals surface area (Å²) >= 11 is 0. The number of benzene rings is 2. The predicted molar refractivity (Wildman–Crippen MR) is 90.2 cm³/mol. The Morgan fingerprint density at radius 2 is 1.92 bits per heavy atom. The van der Waals surface area contributed by atoms with Gasteiger partial charge >= 0.3 is 6.61 Å². The number of alkyl halides is 2. The number of halogens is 2. The summed E-state index contributed by atoms with van der Waals surface area (Å²) in [6, 6.07) is 7.84. The molecule has 1 amide bonds. The fourth-order valence-corrected chi connectivity index (χ4v) is 2.18. The van der Waals surface area contributed by atoms with Crippen molar-refractivity contribution in [3.05, 3.63) is 52.1 Å². The molecule has 8 nitrogen and oxygen atoms in total. The van der Waals surface area contributed by atoms with Crippen LogP contribution in [0.1, 0.15) is 10.4 Å². The topological polar surface area (TPSA) is 103 Å². The maximum Gasteiger partial charge on any atom is 0.387 e. The lowest BCUT2D eigenvalue weighted by Gasteiger charge is -2.12. The summed E-state index contributed by atoms with van der Waals surface area (Å²) in [6.45, 7) is -3.06. The van der Waals surface area contributed by atoms with E-state index in [1.54, 1.807) is 0 Å². The third-order valence-corrected chi connectivity index (χ3v) is 3.36. The number of amides is 1. The molecule has 0 saturated carbocycles. The molecule has 0 aliphatic carbocycles. The molecule has 0 unspecified atom stereocenters. The number of methoxy groups -OCH3 is 1. The van der Waals surface area contributed by atoms with Gasteiger partial charge in [0.25, 0.3) is 11.6 Å². The molecule has 2 N–H and O–H groups in total. The van der Waals surface area contributed by atoms with Crippen LogP contribution in [0.5, 0.6) is 11.5 Å². The molecule has 0 aromatic heterocycles. The summed E-state index contributed by atoms with van der Waals surface area (Å²) < 4.78 is 34.1. The molecule has 0 atom stereocenters. The minimum atomic E-state index is -3.06. The van der Waals surface area contributed by atoms with Gasteiger partial charge < -0.3 is 20.1 Å². The molecule has 10 heteroatoms. The molecular weight excluding hydrogens is 352 g/mol. The fraction of sp³-hybridized carbons (Fsp3) is 0.188. The number of anilines is 2. The van der Waals surface area contributed by atoms with Gasteiger partial charge in [0.2, 0.25) is 0 Å². The van der Waals surface area contributed by atoms with Gasteiger partial charge in [-0.05, 0) is 24.3 Å². The molecule has 0 radical (unpaired) electrons. The summed E-state index contributed by atoms with van der Waals surface area (Å²) in [5.41, 5.74) is 0.176. The molecule has 2 aromatic carbocycles. The van der Waals surface area contributed by atoms with Crippen molar-refractivity contribution in [2.24, 2.45) is 0 Å². The largest absolute Gasteiger partial charge is 0.493 e. The highest BCUT2D eigenvalue weighted by molar-refractivity contribution is 6.05. The summed E-state index contributed by atoms with van der Waals surface area (Å²) in [7, 11) is 2.80. The van der Waals surface area contributed by atoms with Gasteiger partial charge in [0.15, 0.2) is 11.5 Å². The van der Waals surface area contributed by atoms with Crippen molar-refractivity contribution in [3.63, 3.8) is 0 Å². The molecule has 0 aliphatic rings. The predicted octanol–water partition coefficient (Wildman–Crippen LogP) is 3.50. The summed E-state index contributed by atoms with van der Waals surface area (Å²) in [5.74, 6) is -0.835. The first-order chi connectivity index (χ1) is 12.3. The third kappa shape index (κ3) is 4.35. The van der Waals surface area contributed by atoms with Crippen LogP contribution in [0.4, 0.5) is 25.8 Å². The molecule has 0 spiro atoms. The summed E-state index contributed by atoms with van der Waals surface area (Å²) in [6.07, 6.45) is 0. The van der Waals surface area contributed by atoms with Gasteiger partial charge in [-0.3, -0.25) is 14.9 Å². The lowest BCUT2D eigenvalue weighted by molar-refractivity contribution is -0.384. The number of nitro benzene ring substituents is 1. The number of nitrogens with one attached hydrogen (secondary N) is 2. The van der Waals surface area contributed by atoms with Crippen molar-refractivity contribution in [3.8, 4) is 11.5 Å². The molecule has 0 fully saturated rings. The minimum absolute atomic E-state index is 0.0304. The van der Waals surface area contributed by atoms with E-state index in [0.29, 0.717) is 0 Å². The fourth-order valence-electron chi connectivity index (χ4n) is 2.18. The first-order valence-electron chi connectivity index (χ1n) is 7.26. The number of nitrogens with zero attached hydrogens (tertiary/aromatic N) is 1. The first-order valence-corrected chi connectivity index (χ1v) is 7.26. The lowest BCUT2D eigenvalue weighted by Crippen LogP contribution is -2.13. The molecule has 0 saturated heterocycles. The first kappa shape index (κ1) is 18.9. The number of rotatable bonds is 7. The Kier molecular flexibility index (Phi) is 5.89. The number of hydrogen-bond donors (Lipinski definition) is 2. The van der Waals surface area contributed by atoms with Crippen LogP contribution in [-0.4, -0.2) is 31.6 Å². The van der Waals surface area contributed by atoms with Crippen molar-refractivity contribution >= 4 is 23.0 Å². The second-order valence-electron chi connectivity index (χ2n) is 4.94. The quantitative estimate of drug-likeness (QED) is 0.574. The Morgan fingerprint density at radius 1 is 1.19 bits per heavy atom. The molecule has 0 aliphatic heterocycles. The Bertz CT molecular complexity index is 830. The molecule has 2 aromatic rings. The van der Waals surface area contributed by atoms with E-state index in [4.69, 9.17) is 4.74 Å². The van der Waals surface area contributed by atoms with E-state index < -0.39 is 17.4 Å². The molecule has 0 bridgehead atoms. The average Bonchev–Trinajstić information content (AvgIpc) is 2.60. The molecule has 0 heterocycles. The van der Waals surface area contributed by atoms with E-state index in [-0.39, 0.29) is 34.1 Å². The van der Waals surface area contributed by atoms with Gasteiger partial charge in [0.05, 0.1) is 12.0 Å². The molecule has 2 rings (SSSR count). The van der Waals surface area contributed by atoms with Gasteiger partial charge in [-0.2, -0.15) is 8.78 Å². The van der Waals surface area contributed by atoms with Gasteiger partial charge in [-0.15, -0.1) is 0 Å². The summed E-state index contributed by atoms with van der Waals surface area (Å²) in [4.78, 5) is 22.7. The number of carbonyl (C=O) groups excluding carboxylic acids is 1. The van der Waals surface area contributed by atoms with Crippen LogP contribution in [0.3, 0.4) is 0 Å². The SMILES string of the molecule is CNc1ccc(C(=O)Nc2ccc(OC)c(OC(F)F)c2)cc1[N+](=O)[O-]. The number of hydrogen-bond acceptors (Lipinski definition) is 6. The lowest BCUT2D eigenvalue weighted by atomic mass is 10.1. The van der Waals surface area contributed by atoms with Crippen molar-refractivity contribution in [2.75, 3.05) is 24.8 Å². The number of carbonyl (C=O) groups is 1. The van der Waals surface area contributed by atoms with E-state index in [1.807, 2.05) is 0 Å². The number of nitro groups is 1. The highest BCUT2D eigenvalue weighted by Gasteiger charge is 2.18. The average molecular weight is 367 g/mol. The van der Waals surface area contributed by atoms with Crippen molar-refractivity contribution in [2.45, 2.75) is 6.61 Å². The van der Waals surface area contributed by atoms with Gasteiger partial charge in [0.1, 0.15) is 5.69 Å². The molecular formula is C16H15F2N3O5. The Balaban J connectivity index is 2.27. The van der Waals surface area contributed by atoms with E-state index >= 15 is 0 Å². The van der Waals surface area contributed by atoms with Crippen molar-refractivity contribution < 1.29 is 28.0 Å². The van der Waals surface area contributed by atoms with E-state index in [2.05, 4.69) is 15.4 Å². The highest BCUT2D eigenvalue weighted by atomic mass is 19.3. The van der Waals surface area contributed by atoms with Crippen LogP contribution >= 0.6 is 0 Å². The number of ether oxygens (including phenoxy) is 2. The smallest absolute Gasteiger partial charge is 0.387 e. The summed E-state index contributed by atoms with van der Waals surface area (Å²) in [5, 5.41) is 16.2. The van der Waals surface area contributed by atoms with Crippen LogP contribution in [0.25, 0.3) is 0 Å². The van der Waals surface area contributed by atoms with Crippen LogP contribution < -0.4 is 20.1 Å². The standard InChI is InChI=1S/C16H15F2N3O5/c1-19-11-5-3-9(7-12(11)21(23)24)15(22)20-10-4-6-13(25-2)14(8-10)26-16(17)18/h3-8,16,19H,1-2H3,(H,20,22). The third-order valence-electron chi connectivity index (χ3n) is 3.36. The van der Waals surface area contributed by atoms with E-state index in [9.17, 15) is 23.7 Å². The zero-order valence-corrected chi connectivity index (χ0v) is 13.8. The van der Waals surface area contributed by atoms with Gasteiger partial charge in [-0.25, -0.2) is 0 Å². The van der Waals surface area contributed by atoms with Crippen molar-refractivity contribution in [1.29, 1.82) is 0 Å². The zero-order valence-electron chi connectivity index (χ0n) is 13.8. The maximum absolute atomic E-state index is 12.5. The Morgan fingerprint density at radius 3 is 2.50 bits per heavy atom. The zero-order chi connectivity index (χ0) is 19.3. The van der Waals surface area contributed by atoms with Crippen LogP contribution in [-0.2, 0) is 0 Å². The Hall–Kier alpha value is -3.43. The van der Waals surface area contributed by atoms with Crippen LogP contribution in [0.2, 0.25) is 0 Å². The normalized spacial score (nSPS) is 10.3. The highest BCUT2D eigenvalue weighted by Crippen LogP contribution is 2.32. The van der Waals surface area contributed by atoms with Crippen LogP contribution in [0, 0.1) is 10.1 Å². The Labute approximate surface area is 146 Å². The molecule has 26 heavy (non-hydrogen) atoms. The van der Waals surface area contributed by atoms with E-state index in [0.717, 1.165) is 6.07 Å². The van der Waals surface area contributed by atoms with Crippen molar-refractivity contribution in [1.82, 2.24) is 0 Å². The second kappa shape index (κ2) is 8.10.